The van der Waals surface area contributed by atoms with E-state index >= 15 is 0 Å². The van der Waals surface area contributed by atoms with Crippen molar-refractivity contribution in [2.45, 2.75) is 20.4 Å². The van der Waals surface area contributed by atoms with Crippen LogP contribution >= 0.6 is 0 Å². The molecule has 0 amide bonds. The smallest absolute Gasteiger partial charge is 0.126 e. The number of halogens is 1. The lowest BCUT2D eigenvalue weighted by atomic mass is 9.94. The molecule has 30 heavy (non-hydrogen) atoms. The summed E-state index contributed by atoms with van der Waals surface area (Å²) in [4.78, 5) is 4.40. The highest BCUT2D eigenvalue weighted by Crippen LogP contribution is 2.29. The second kappa shape index (κ2) is 8.18. The first-order valence-corrected chi connectivity index (χ1v) is 9.55. The fourth-order valence-electron chi connectivity index (χ4n) is 3.58. The van der Waals surface area contributed by atoms with Gasteiger partial charge in [0.1, 0.15) is 11.6 Å². The van der Waals surface area contributed by atoms with Crippen molar-refractivity contribution in [2.24, 2.45) is 0 Å². The van der Waals surface area contributed by atoms with Crippen LogP contribution in [0, 0.1) is 31.0 Å². The minimum atomic E-state index is -0.265. The number of hydrogen-bond donors (Lipinski definition) is 2. The molecule has 0 saturated heterocycles. The molecule has 0 spiro atoms. The summed E-state index contributed by atoms with van der Waals surface area (Å²) in [6.07, 6.45) is 1.77. The van der Waals surface area contributed by atoms with E-state index in [1.165, 1.54) is 12.1 Å². The molecule has 0 atom stereocenters. The van der Waals surface area contributed by atoms with Crippen LogP contribution in [0.15, 0.2) is 60.8 Å². The maximum Gasteiger partial charge on any atom is 0.126 e. The Bertz CT molecular complexity index is 1210. The van der Waals surface area contributed by atoms with Gasteiger partial charge in [-0.25, -0.2) is 9.37 Å². The summed E-state index contributed by atoms with van der Waals surface area (Å²) >= 11 is 0. The average molecular weight is 397 g/mol. The molecule has 0 aliphatic carbocycles. The number of anilines is 1. The van der Waals surface area contributed by atoms with E-state index in [1.807, 2.05) is 44.2 Å². The van der Waals surface area contributed by atoms with Crippen molar-refractivity contribution in [1.29, 1.82) is 5.26 Å². The van der Waals surface area contributed by atoms with E-state index in [4.69, 9.17) is 5.26 Å². The van der Waals surface area contributed by atoms with Gasteiger partial charge in [-0.3, -0.25) is 5.10 Å². The number of H-pyrrole nitrogens is 1. The number of nitriles is 1. The fourth-order valence-corrected chi connectivity index (χ4v) is 3.58. The van der Waals surface area contributed by atoms with E-state index in [9.17, 15) is 4.39 Å². The van der Waals surface area contributed by atoms with Crippen molar-refractivity contribution in [1.82, 2.24) is 15.2 Å². The zero-order valence-electron chi connectivity index (χ0n) is 16.7. The van der Waals surface area contributed by atoms with E-state index in [0.717, 1.165) is 45.0 Å². The van der Waals surface area contributed by atoms with Gasteiger partial charge in [0, 0.05) is 6.20 Å². The lowest BCUT2D eigenvalue weighted by Gasteiger charge is -2.12. The molecule has 5 nitrogen and oxygen atoms in total. The molecule has 0 saturated carbocycles. The molecular weight excluding hydrogens is 377 g/mol. The lowest BCUT2D eigenvalue weighted by molar-refractivity contribution is 0.628. The van der Waals surface area contributed by atoms with Gasteiger partial charge in [0.25, 0.3) is 0 Å². The van der Waals surface area contributed by atoms with Crippen LogP contribution in [0.3, 0.4) is 0 Å². The monoisotopic (exact) mass is 397 g/mol. The third-order valence-corrected chi connectivity index (χ3v) is 4.95. The predicted molar refractivity (Wildman–Crippen MR) is 115 cm³/mol. The van der Waals surface area contributed by atoms with E-state index in [-0.39, 0.29) is 5.82 Å². The standard InChI is InChI=1S/C24H20FN5/c1-15-9-17(13-26)10-16(2)24(15)19-7-8-27-23(11-19)28-14-21-12-22(30-29-21)18-3-5-20(25)6-4-18/h3-12H,14H2,1-2H3,(H,27,28)(H,29,30). The molecule has 2 heterocycles. The van der Waals surface area contributed by atoms with E-state index < -0.39 is 0 Å². The van der Waals surface area contributed by atoms with Gasteiger partial charge in [-0.2, -0.15) is 10.4 Å². The summed E-state index contributed by atoms with van der Waals surface area (Å²) in [5, 5.41) is 19.8. The van der Waals surface area contributed by atoms with Crippen LogP contribution < -0.4 is 5.32 Å². The van der Waals surface area contributed by atoms with Crippen LogP contribution in [0.4, 0.5) is 10.2 Å². The first kappa shape index (κ1) is 19.3. The van der Waals surface area contributed by atoms with E-state index in [2.05, 4.69) is 26.6 Å². The zero-order valence-corrected chi connectivity index (χ0v) is 16.7. The Morgan fingerprint density at radius 1 is 1.00 bits per heavy atom. The highest BCUT2D eigenvalue weighted by atomic mass is 19.1. The van der Waals surface area contributed by atoms with Crippen LogP contribution in [0.1, 0.15) is 22.4 Å². The van der Waals surface area contributed by atoms with Crippen molar-refractivity contribution in [3.63, 3.8) is 0 Å². The number of nitrogens with zero attached hydrogens (tertiary/aromatic N) is 3. The molecule has 0 radical (unpaired) electrons. The molecule has 0 aliphatic rings. The van der Waals surface area contributed by atoms with Gasteiger partial charge in [-0.1, -0.05) is 0 Å². The molecule has 0 fully saturated rings. The summed E-state index contributed by atoms with van der Waals surface area (Å²) in [7, 11) is 0. The quantitative estimate of drug-likeness (QED) is 0.474. The molecule has 2 aromatic heterocycles. The summed E-state index contributed by atoms with van der Waals surface area (Å²) in [6, 6.07) is 18.2. The Morgan fingerprint density at radius 2 is 1.73 bits per heavy atom. The van der Waals surface area contributed by atoms with Crippen molar-refractivity contribution in [3.05, 3.63) is 89.0 Å². The molecule has 6 heteroatoms. The number of pyridine rings is 1. The van der Waals surface area contributed by atoms with Gasteiger partial charge in [-0.05, 0) is 96.3 Å². The number of nitrogens with one attached hydrogen (secondary N) is 2. The highest BCUT2D eigenvalue weighted by Gasteiger charge is 2.10. The molecule has 2 N–H and O–H groups in total. The average Bonchev–Trinajstić information content (AvgIpc) is 3.21. The zero-order chi connectivity index (χ0) is 21.1. The van der Waals surface area contributed by atoms with Gasteiger partial charge >= 0.3 is 0 Å². The molecule has 4 aromatic rings. The summed E-state index contributed by atoms with van der Waals surface area (Å²) in [5.41, 5.74) is 7.46. The molecule has 4 rings (SSSR count). The van der Waals surface area contributed by atoms with Gasteiger partial charge in [0.2, 0.25) is 0 Å². The maximum atomic E-state index is 13.1. The summed E-state index contributed by atoms with van der Waals surface area (Å²) in [6.45, 7) is 4.52. The second-order valence-corrected chi connectivity index (χ2v) is 7.16. The van der Waals surface area contributed by atoms with E-state index in [1.54, 1.807) is 18.3 Å². The van der Waals surface area contributed by atoms with Crippen LogP contribution in [0.2, 0.25) is 0 Å². The number of benzene rings is 2. The Balaban J connectivity index is 1.51. The molecule has 148 valence electrons. The van der Waals surface area contributed by atoms with Gasteiger partial charge in [0.15, 0.2) is 0 Å². The Kier molecular flexibility index (Phi) is 5.27. The van der Waals surface area contributed by atoms with Crippen molar-refractivity contribution in [3.8, 4) is 28.5 Å². The van der Waals surface area contributed by atoms with Crippen LogP contribution in [0.25, 0.3) is 22.4 Å². The van der Waals surface area contributed by atoms with Gasteiger partial charge in [0.05, 0.1) is 29.6 Å². The highest BCUT2D eigenvalue weighted by molar-refractivity contribution is 5.73. The third kappa shape index (κ3) is 4.06. The van der Waals surface area contributed by atoms with Crippen molar-refractivity contribution < 1.29 is 4.39 Å². The maximum absolute atomic E-state index is 13.1. The molecule has 0 unspecified atom stereocenters. The van der Waals surface area contributed by atoms with Crippen molar-refractivity contribution >= 4 is 5.82 Å². The number of rotatable bonds is 5. The minimum Gasteiger partial charge on any atom is -0.364 e. The van der Waals surface area contributed by atoms with Gasteiger partial charge in [-0.15, -0.1) is 0 Å². The largest absolute Gasteiger partial charge is 0.364 e. The van der Waals surface area contributed by atoms with Gasteiger partial charge < -0.3 is 5.32 Å². The number of hydrogen-bond acceptors (Lipinski definition) is 4. The van der Waals surface area contributed by atoms with Crippen molar-refractivity contribution in [2.75, 3.05) is 5.32 Å². The topological polar surface area (TPSA) is 77.4 Å². The molecule has 2 aromatic carbocycles. The van der Waals surface area contributed by atoms with Crippen LogP contribution in [0.5, 0.6) is 0 Å². The Morgan fingerprint density at radius 3 is 2.43 bits per heavy atom. The third-order valence-electron chi connectivity index (χ3n) is 4.95. The lowest BCUT2D eigenvalue weighted by Crippen LogP contribution is -2.02. The van der Waals surface area contributed by atoms with E-state index in [0.29, 0.717) is 12.1 Å². The number of aromatic nitrogens is 3. The predicted octanol–water partition coefficient (Wildman–Crippen LogP) is 5.38. The second-order valence-electron chi connectivity index (χ2n) is 7.16. The fraction of sp³-hybridized carbons (Fsp3) is 0.125. The first-order chi connectivity index (χ1) is 14.5. The summed E-state index contributed by atoms with van der Waals surface area (Å²) in [5.74, 6) is 0.473. The minimum absolute atomic E-state index is 0.265. The molecule has 0 bridgehead atoms. The first-order valence-electron chi connectivity index (χ1n) is 9.55. The molecule has 0 aliphatic heterocycles. The number of aryl methyl sites for hydroxylation is 2. The molecular formula is C24H20FN5. The van der Waals surface area contributed by atoms with Crippen LogP contribution in [-0.4, -0.2) is 15.2 Å². The Labute approximate surface area is 174 Å². The Hall–Kier alpha value is -3.98. The van der Waals surface area contributed by atoms with Crippen LogP contribution in [-0.2, 0) is 6.54 Å². The SMILES string of the molecule is Cc1cc(C#N)cc(C)c1-c1ccnc(NCc2cc(-c3ccc(F)cc3)[nH]n2)c1. The normalized spacial score (nSPS) is 10.6. The summed E-state index contributed by atoms with van der Waals surface area (Å²) < 4.78 is 13.1. The number of aromatic amines is 1.